The van der Waals surface area contributed by atoms with E-state index in [1.165, 1.54) is 4.88 Å². The van der Waals surface area contributed by atoms with E-state index < -0.39 is 0 Å². The Hall–Kier alpha value is -0.850. The summed E-state index contributed by atoms with van der Waals surface area (Å²) in [7, 11) is 1.97. The minimum atomic E-state index is 0.484. The van der Waals surface area contributed by atoms with Crippen LogP contribution in [0.3, 0.4) is 0 Å². The quantitative estimate of drug-likeness (QED) is 0.815. The van der Waals surface area contributed by atoms with Gasteiger partial charge in [0.25, 0.3) is 0 Å². The summed E-state index contributed by atoms with van der Waals surface area (Å²) in [6, 6.07) is 4.23. The molecule has 0 aliphatic carbocycles. The van der Waals surface area contributed by atoms with E-state index in [4.69, 9.17) is 0 Å². The second-order valence-electron chi connectivity index (χ2n) is 3.86. The van der Waals surface area contributed by atoms with Crippen LogP contribution in [0.25, 0.3) is 0 Å². The third-order valence-corrected chi connectivity index (χ3v) is 4.31. The number of hydrogen-bond donors (Lipinski definition) is 1. The van der Waals surface area contributed by atoms with Crippen molar-refractivity contribution >= 4 is 23.1 Å². The Morgan fingerprint density at radius 3 is 3.12 bits per heavy atom. The van der Waals surface area contributed by atoms with E-state index in [1.54, 1.807) is 29.4 Å². The summed E-state index contributed by atoms with van der Waals surface area (Å²) in [5.74, 6) is 0. The summed E-state index contributed by atoms with van der Waals surface area (Å²) in [6.45, 7) is 4.11. The zero-order valence-corrected chi connectivity index (χ0v) is 11.6. The van der Waals surface area contributed by atoms with Crippen LogP contribution in [0.1, 0.15) is 11.8 Å². The van der Waals surface area contributed by atoms with Crippen molar-refractivity contribution in [2.45, 2.75) is 23.9 Å². The fourth-order valence-electron chi connectivity index (χ4n) is 1.41. The SMILES string of the molecule is CC(CNCc1cccs1)Sc1nncn1C. The van der Waals surface area contributed by atoms with Crippen LogP contribution < -0.4 is 5.32 Å². The van der Waals surface area contributed by atoms with Crippen molar-refractivity contribution in [3.63, 3.8) is 0 Å². The van der Waals surface area contributed by atoms with Crippen molar-refractivity contribution in [1.29, 1.82) is 0 Å². The molecule has 2 heterocycles. The molecule has 0 saturated heterocycles. The molecular weight excluding hydrogens is 252 g/mol. The molecule has 17 heavy (non-hydrogen) atoms. The van der Waals surface area contributed by atoms with Gasteiger partial charge in [-0.05, 0) is 11.4 Å². The minimum absolute atomic E-state index is 0.484. The monoisotopic (exact) mass is 268 g/mol. The molecule has 2 rings (SSSR count). The normalized spacial score (nSPS) is 12.8. The molecule has 0 spiro atoms. The van der Waals surface area contributed by atoms with Crippen LogP contribution in [0.15, 0.2) is 29.0 Å². The molecule has 2 aromatic rings. The smallest absolute Gasteiger partial charge is 0.191 e. The van der Waals surface area contributed by atoms with Gasteiger partial charge in [0, 0.05) is 30.3 Å². The number of nitrogens with zero attached hydrogens (tertiary/aromatic N) is 3. The first-order valence-corrected chi connectivity index (χ1v) is 7.25. The van der Waals surface area contributed by atoms with Crippen LogP contribution in [0.2, 0.25) is 0 Å². The van der Waals surface area contributed by atoms with Crippen molar-refractivity contribution < 1.29 is 0 Å². The summed E-state index contributed by atoms with van der Waals surface area (Å²) in [5.41, 5.74) is 0. The van der Waals surface area contributed by atoms with Gasteiger partial charge >= 0.3 is 0 Å². The Morgan fingerprint density at radius 2 is 2.47 bits per heavy atom. The number of thioether (sulfide) groups is 1. The van der Waals surface area contributed by atoms with Crippen LogP contribution in [0, 0.1) is 0 Å². The zero-order valence-electron chi connectivity index (χ0n) is 9.96. The van der Waals surface area contributed by atoms with Crippen LogP contribution in [-0.2, 0) is 13.6 Å². The molecule has 6 heteroatoms. The summed E-state index contributed by atoms with van der Waals surface area (Å²) < 4.78 is 1.94. The van der Waals surface area contributed by atoms with Crippen LogP contribution in [0.4, 0.5) is 0 Å². The van der Waals surface area contributed by atoms with E-state index in [0.717, 1.165) is 18.2 Å². The average molecular weight is 268 g/mol. The fraction of sp³-hybridized carbons (Fsp3) is 0.455. The molecule has 0 saturated carbocycles. The summed E-state index contributed by atoms with van der Waals surface area (Å²) in [4.78, 5) is 1.38. The standard InChI is InChI=1S/C11H16N4S2/c1-9(17-11-14-13-8-15(11)2)6-12-7-10-4-3-5-16-10/h3-5,8-9,12H,6-7H2,1-2H3. The Morgan fingerprint density at radius 1 is 1.59 bits per heavy atom. The lowest BCUT2D eigenvalue weighted by atomic mass is 10.4. The number of aryl methyl sites for hydroxylation is 1. The Balaban J connectivity index is 1.71. The second-order valence-corrected chi connectivity index (χ2v) is 6.30. The van der Waals surface area contributed by atoms with E-state index in [-0.39, 0.29) is 0 Å². The molecule has 92 valence electrons. The van der Waals surface area contributed by atoms with Crippen molar-refractivity contribution in [3.8, 4) is 0 Å². The van der Waals surface area contributed by atoms with Gasteiger partial charge < -0.3 is 9.88 Å². The third kappa shape index (κ3) is 3.83. The van der Waals surface area contributed by atoms with Gasteiger partial charge in [-0.2, -0.15) is 0 Å². The molecule has 0 aliphatic heterocycles. The number of hydrogen-bond acceptors (Lipinski definition) is 5. The van der Waals surface area contributed by atoms with E-state index in [2.05, 4.69) is 40.0 Å². The van der Waals surface area contributed by atoms with Gasteiger partial charge in [-0.1, -0.05) is 24.8 Å². The zero-order chi connectivity index (χ0) is 12.1. The molecule has 1 N–H and O–H groups in total. The number of rotatable bonds is 6. The Bertz CT molecular complexity index is 438. The van der Waals surface area contributed by atoms with Gasteiger partial charge in [-0.3, -0.25) is 0 Å². The first-order valence-electron chi connectivity index (χ1n) is 5.49. The molecule has 0 radical (unpaired) electrons. The van der Waals surface area contributed by atoms with E-state index >= 15 is 0 Å². The lowest BCUT2D eigenvalue weighted by molar-refractivity contribution is 0.686. The van der Waals surface area contributed by atoms with Gasteiger partial charge in [0.05, 0.1) is 0 Å². The predicted octanol–water partition coefficient (Wildman–Crippen LogP) is 2.15. The molecule has 2 aromatic heterocycles. The topological polar surface area (TPSA) is 42.7 Å². The highest BCUT2D eigenvalue weighted by Gasteiger charge is 2.08. The highest BCUT2D eigenvalue weighted by molar-refractivity contribution is 7.99. The van der Waals surface area contributed by atoms with Crippen LogP contribution in [0.5, 0.6) is 0 Å². The largest absolute Gasteiger partial charge is 0.312 e. The van der Waals surface area contributed by atoms with Crippen molar-refractivity contribution in [3.05, 3.63) is 28.7 Å². The second kappa shape index (κ2) is 6.18. The van der Waals surface area contributed by atoms with Crippen LogP contribution >= 0.6 is 23.1 Å². The maximum Gasteiger partial charge on any atom is 0.191 e. The van der Waals surface area contributed by atoms with Crippen molar-refractivity contribution in [1.82, 2.24) is 20.1 Å². The number of nitrogens with one attached hydrogen (secondary N) is 1. The minimum Gasteiger partial charge on any atom is -0.312 e. The maximum absolute atomic E-state index is 4.06. The van der Waals surface area contributed by atoms with E-state index in [9.17, 15) is 0 Å². The van der Waals surface area contributed by atoms with Gasteiger partial charge in [0.15, 0.2) is 5.16 Å². The molecule has 0 bridgehead atoms. The fourth-order valence-corrected chi connectivity index (χ4v) is 2.96. The first kappa shape index (κ1) is 12.6. The molecule has 0 aromatic carbocycles. The van der Waals surface area contributed by atoms with Gasteiger partial charge in [-0.15, -0.1) is 21.5 Å². The van der Waals surface area contributed by atoms with Gasteiger partial charge in [-0.25, -0.2) is 0 Å². The highest BCUT2D eigenvalue weighted by Crippen LogP contribution is 2.19. The first-order chi connectivity index (χ1) is 8.25. The summed E-state index contributed by atoms with van der Waals surface area (Å²) in [6.07, 6.45) is 1.73. The van der Waals surface area contributed by atoms with Gasteiger partial charge in [0.1, 0.15) is 6.33 Å². The lowest BCUT2D eigenvalue weighted by Crippen LogP contribution is -2.22. The lowest BCUT2D eigenvalue weighted by Gasteiger charge is -2.10. The highest BCUT2D eigenvalue weighted by atomic mass is 32.2. The van der Waals surface area contributed by atoms with Crippen LogP contribution in [-0.4, -0.2) is 26.6 Å². The molecule has 0 fully saturated rings. The third-order valence-electron chi connectivity index (χ3n) is 2.29. The van der Waals surface area contributed by atoms with Crippen molar-refractivity contribution in [2.24, 2.45) is 7.05 Å². The van der Waals surface area contributed by atoms with Crippen molar-refractivity contribution in [2.75, 3.05) is 6.54 Å². The average Bonchev–Trinajstić information content (AvgIpc) is 2.92. The van der Waals surface area contributed by atoms with E-state index in [1.807, 2.05) is 11.6 Å². The maximum atomic E-state index is 4.06. The van der Waals surface area contributed by atoms with E-state index in [0.29, 0.717) is 5.25 Å². The molecule has 4 nitrogen and oxygen atoms in total. The molecule has 1 unspecified atom stereocenters. The molecular formula is C11H16N4S2. The summed E-state index contributed by atoms with van der Waals surface area (Å²) >= 11 is 3.53. The molecule has 0 amide bonds. The van der Waals surface area contributed by atoms with Gasteiger partial charge in [0.2, 0.25) is 0 Å². The Labute approximate surface area is 109 Å². The number of aromatic nitrogens is 3. The molecule has 0 aliphatic rings. The predicted molar refractivity (Wildman–Crippen MR) is 72.3 cm³/mol. The Kier molecular flexibility index (Phi) is 4.58. The summed E-state index contributed by atoms with van der Waals surface area (Å²) in [5, 5.41) is 14.9. The number of thiophene rings is 1. The molecule has 1 atom stereocenters.